The molecular formula is C44H77N6O9S2Y-. The number of carbonyl (C=O) groups is 9. The number of carbonyl (C=O) groups excluding carboxylic acids is 9. The second-order valence-electron chi connectivity index (χ2n) is 16.2. The van der Waals surface area contributed by atoms with Gasteiger partial charge in [-0.25, -0.2) is 0 Å². The molecule has 3 fully saturated rings. The number of hydrogen-bond donors (Lipinski definition) is 4. The maximum absolute atomic E-state index is 12.5. The first kappa shape index (κ1) is 61.6. The van der Waals surface area contributed by atoms with E-state index in [-0.39, 0.29) is 116 Å². The molecule has 0 aromatic carbocycles. The molecule has 6 amide bonds. The van der Waals surface area contributed by atoms with Crippen molar-refractivity contribution in [2.24, 2.45) is 17.8 Å². The molecule has 15 nitrogen and oxygen atoms in total. The molecule has 18 heteroatoms. The molecule has 62 heavy (non-hydrogen) atoms. The number of thioether (sulfide) groups is 1. The summed E-state index contributed by atoms with van der Waals surface area (Å²) in [7, 11) is 0. The quantitative estimate of drug-likeness (QED) is 0.129. The SMILES string of the molecule is C.CCC1CCN(C(=O)C(C)S)C1C(=O)NC(C)C(C)=O.CCC1CCN(C(=O)C(C)SC)C1C(=O)NC(C)C(C)=O.C[CH-]C(=O)N1CCC(CC)C1C(=O)NC(C)C(C)=O.[Y]. The van der Waals surface area contributed by atoms with Crippen molar-refractivity contribution in [3.05, 3.63) is 6.42 Å². The molecule has 1 radical (unpaired) electrons. The fourth-order valence-electron chi connectivity index (χ4n) is 7.60. The number of rotatable bonds is 16. The molecule has 353 valence electrons. The van der Waals surface area contributed by atoms with Crippen LogP contribution in [0.2, 0.25) is 0 Å². The minimum Gasteiger partial charge on any atom is -0.355 e. The van der Waals surface area contributed by atoms with E-state index in [9.17, 15) is 43.2 Å². The molecule has 0 aliphatic carbocycles. The van der Waals surface area contributed by atoms with Crippen LogP contribution in [-0.4, -0.2) is 140 Å². The summed E-state index contributed by atoms with van der Waals surface area (Å²) in [6.07, 6.45) is 8.39. The van der Waals surface area contributed by atoms with Crippen molar-refractivity contribution in [2.75, 3.05) is 25.9 Å². The fourth-order valence-corrected chi connectivity index (χ4v) is 8.09. The van der Waals surface area contributed by atoms with Gasteiger partial charge in [-0.1, -0.05) is 47.5 Å². The van der Waals surface area contributed by atoms with Crippen molar-refractivity contribution in [2.45, 2.75) is 176 Å². The summed E-state index contributed by atoms with van der Waals surface area (Å²) in [6.45, 7) is 22.4. The van der Waals surface area contributed by atoms with Crippen LogP contribution in [0.1, 0.15) is 129 Å². The van der Waals surface area contributed by atoms with E-state index in [4.69, 9.17) is 0 Å². The Bertz CT molecular complexity index is 1540. The first-order chi connectivity index (χ1) is 28.0. The van der Waals surface area contributed by atoms with Crippen LogP contribution in [0.3, 0.4) is 0 Å². The molecule has 0 spiro atoms. The van der Waals surface area contributed by atoms with Gasteiger partial charge in [0.1, 0.15) is 18.1 Å². The van der Waals surface area contributed by atoms with Gasteiger partial charge < -0.3 is 41.9 Å². The van der Waals surface area contributed by atoms with Crippen molar-refractivity contribution in [1.82, 2.24) is 30.7 Å². The van der Waals surface area contributed by atoms with Crippen LogP contribution >= 0.6 is 24.4 Å². The second-order valence-corrected chi connectivity index (χ2v) is 18.1. The Morgan fingerprint density at radius 2 is 0.887 bits per heavy atom. The van der Waals surface area contributed by atoms with Gasteiger partial charge >= 0.3 is 0 Å². The van der Waals surface area contributed by atoms with Crippen molar-refractivity contribution >= 4 is 77.2 Å². The summed E-state index contributed by atoms with van der Waals surface area (Å²) in [6, 6.07) is -2.91. The summed E-state index contributed by atoms with van der Waals surface area (Å²) < 4.78 is 0. The predicted octanol–water partition coefficient (Wildman–Crippen LogP) is 4.05. The number of likely N-dealkylation sites (tertiary alicyclic amines) is 3. The van der Waals surface area contributed by atoms with Crippen molar-refractivity contribution in [3.63, 3.8) is 0 Å². The third-order valence-electron chi connectivity index (χ3n) is 12.0. The van der Waals surface area contributed by atoms with Crippen molar-refractivity contribution < 1.29 is 75.9 Å². The number of nitrogens with one attached hydrogen (secondary N) is 3. The van der Waals surface area contributed by atoms with Crippen molar-refractivity contribution in [1.29, 1.82) is 0 Å². The van der Waals surface area contributed by atoms with Gasteiger partial charge in [0, 0.05) is 52.3 Å². The van der Waals surface area contributed by atoms with E-state index in [0.717, 1.165) is 38.5 Å². The summed E-state index contributed by atoms with van der Waals surface area (Å²) in [5.74, 6) is -0.671. The monoisotopic (exact) mass is 986 g/mol. The zero-order chi connectivity index (χ0) is 46.2. The van der Waals surface area contributed by atoms with E-state index >= 15 is 0 Å². The van der Waals surface area contributed by atoms with Crippen LogP contribution in [0.25, 0.3) is 0 Å². The molecule has 0 bridgehead atoms. The Kier molecular flexibility index (Phi) is 29.7. The van der Waals surface area contributed by atoms with Crippen LogP contribution < -0.4 is 16.0 Å². The standard InChI is InChI=1S/C15H26N2O3S.C14H24N2O3S.C14H23N2O3.CH4.Y/c1-6-12-7-8-17(15(20)11(4)21-5)13(12)14(19)16-9(2)10(3)18;1-5-11-6-7-16(14(19)10(4)20)12(11)13(18)15-8(2)9(3)17;1-5-11-7-8-16(12(18)6-2)13(11)14(19)15-9(3)10(4)17;;/h9,11-13H,6-8H2,1-5H3,(H,16,19);8,10-12,20H,5-7H2,1-4H3,(H,15,18);6,9,11,13H,5,7-8H2,1-4H3,(H,15,19);1H4;/q;;-1;;. The topological polar surface area (TPSA) is 199 Å². The molecule has 0 aromatic rings. The molecule has 0 saturated carbocycles. The maximum Gasteiger partial charge on any atom is 0.243 e. The number of amides is 6. The van der Waals surface area contributed by atoms with Gasteiger partial charge in [-0.3, -0.25) is 38.4 Å². The normalized spacial score (nSPS) is 23.7. The summed E-state index contributed by atoms with van der Waals surface area (Å²) in [5, 5.41) is 7.56. The van der Waals surface area contributed by atoms with Gasteiger partial charge in [-0.15, -0.1) is 0 Å². The van der Waals surface area contributed by atoms with Crippen LogP contribution in [-0.2, 0) is 75.9 Å². The number of Topliss-reactive ketones (excluding diaryl/α,β-unsaturated/α-hetero) is 3. The van der Waals surface area contributed by atoms with Crippen LogP contribution in [0.15, 0.2) is 0 Å². The molecule has 0 aromatic heterocycles. The zero-order valence-electron chi connectivity index (χ0n) is 38.7. The van der Waals surface area contributed by atoms with Gasteiger partial charge in [-0.2, -0.15) is 31.3 Å². The Morgan fingerprint density at radius 1 is 0.597 bits per heavy atom. The molecule has 3 rings (SSSR count). The molecule has 3 heterocycles. The molecule has 3 N–H and O–H groups in total. The Morgan fingerprint density at radius 3 is 1.15 bits per heavy atom. The minimum atomic E-state index is -0.522. The van der Waals surface area contributed by atoms with Gasteiger partial charge in [0.2, 0.25) is 29.5 Å². The average molecular weight is 987 g/mol. The first-order valence-corrected chi connectivity index (χ1v) is 23.2. The average Bonchev–Trinajstić information content (AvgIpc) is 3.96. The van der Waals surface area contributed by atoms with Crippen LogP contribution in [0, 0.1) is 24.2 Å². The zero-order valence-corrected chi connectivity index (χ0v) is 43.3. The van der Waals surface area contributed by atoms with Gasteiger partial charge in [0.05, 0.1) is 34.5 Å². The third kappa shape index (κ3) is 17.5. The molecule has 3 saturated heterocycles. The molecular weight excluding hydrogens is 910 g/mol. The fraction of sp³-hybridized carbons (Fsp3) is 0.773. The Hall–Kier alpha value is -2.50. The smallest absolute Gasteiger partial charge is 0.243 e. The van der Waals surface area contributed by atoms with E-state index < -0.39 is 41.5 Å². The van der Waals surface area contributed by atoms with E-state index in [0.29, 0.717) is 19.6 Å². The largest absolute Gasteiger partial charge is 0.355 e. The van der Waals surface area contributed by atoms with E-state index in [2.05, 4.69) is 28.6 Å². The summed E-state index contributed by atoms with van der Waals surface area (Å²) in [4.78, 5) is 112. The molecule has 3 aliphatic rings. The van der Waals surface area contributed by atoms with Crippen LogP contribution in [0.5, 0.6) is 0 Å². The van der Waals surface area contributed by atoms with E-state index in [1.165, 1.54) is 39.0 Å². The second kappa shape index (κ2) is 29.9. The van der Waals surface area contributed by atoms with Crippen LogP contribution in [0.4, 0.5) is 0 Å². The van der Waals surface area contributed by atoms with E-state index in [1.807, 2.05) is 34.0 Å². The Balaban J connectivity index is 0. The van der Waals surface area contributed by atoms with Gasteiger partial charge in [0.25, 0.3) is 0 Å². The third-order valence-corrected chi connectivity index (χ3v) is 13.1. The number of nitrogens with zero attached hydrogens (tertiary/aromatic N) is 3. The maximum atomic E-state index is 12.5. The van der Waals surface area contributed by atoms with Crippen molar-refractivity contribution in [3.8, 4) is 0 Å². The predicted molar refractivity (Wildman–Crippen MR) is 245 cm³/mol. The molecule has 11 atom stereocenters. The first-order valence-electron chi connectivity index (χ1n) is 21.4. The molecule has 3 aliphatic heterocycles. The van der Waals surface area contributed by atoms with E-state index in [1.54, 1.807) is 49.3 Å². The van der Waals surface area contributed by atoms with Gasteiger partial charge in [-0.05, 0) is 98.7 Å². The van der Waals surface area contributed by atoms with Gasteiger partial charge in [0.15, 0.2) is 17.3 Å². The number of thiol groups is 1. The minimum absolute atomic E-state index is 0. The number of hydrogen-bond acceptors (Lipinski definition) is 11. The molecule has 11 unspecified atom stereocenters. The summed E-state index contributed by atoms with van der Waals surface area (Å²) in [5.41, 5.74) is 0. The number of ketones is 3. The Labute approximate surface area is 406 Å². The summed E-state index contributed by atoms with van der Waals surface area (Å²) >= 11 is 5.65.